The third-order valence-corrected chi connectivity index (χ3v) is 4.96. The first-order valence-electron chi connectivity index (χ1n) is 7.53. The molecule has 0 radical (unpaired) electrons. The van der Waals surface area contributed by atoms with Crippen LogP contribution in [0, 0.1) is 11.6 Å². The number of benzene rings is 1. The van der Waals surface area contributed by atoms with Gasteiger partial charge in [-0.3, -0.25) is 10.2 Å². The first-order valence-corrected chi connectivity index (χ1v) is 9.22. The number of hydrogen-bond acceptors (Lipinski definition) is 6. The van der Waals surface area contributed by atoms with Crippen LogP contribution in [0.3, 0.4) is 0 Å². The third kappa shape index (κ3) is 3.85. The van der Waals surface area contributed by atoms with Crippen LogP contribution in [0.5, 0.6) is 0 Å². The van der Waals surface area contributed by atoms with E-state index in [-0.39, 0.29) is 11.3 Å². The van der Waals surface area contributed by atoms with Gasteiger partial charge >= 0.3 is 0 Å². The number of aromatic nitrogens is 3. The SMILES string of the molecule is C=C/C=C(\C=C/CNc1nc2n[nH]c(-c3c(F)cccc3F)c2s1)SN. The average Bonchev–Trinajstić information content (AvgIpc) is 3.19. The minimum atomic E-state index is -0.651. The lowest BCUT2D eigenvalue weighted by Crippen LogP contribution is -1.97. The van der Waals surface area contributed by atoms with E-state index < -0.39 is 11.6 Å². The van der Waals surface area contributed by atoms with Crippen molar-refractivity contribution in [2.45, 2.75) is 0 Å². The van der Waals surface area contributed by atoms with Crippen molar-refractivity contribution in [2.75, 3.05) is 11.9 Å². The minimum Gasteiger partial charge on any atom is -0.358 e. The Kier molecular flexibility index (Phi) is 5.82. The summed E-state index contributed by atoms with van der Waals surface area (Å²) in [6, 6.07) is 3.74. The normalized spacial score (nSPS) is 12.2. The van der Waals surface area contributed by atoms with Crippen molar-refractivity contribution in [3.05, 3.63) is 65.6 Å². The van der Waals surface area contributed by atoms with Crippen LogP contribution < -0.4 is 10.5 Å². The molecule has 0 saturated carbocycles. The number of rotatable bonds is 7. The molecule has 0 unspecified atom stereocenters. The molecule has 1 aromatic carbocycles. The molecule has 134 valence electrons. The average molecular weight is 391 g/mol. The molecule has 9 heteroatoms. The van der Waals surface area contributed by atoms with Gasteiger partial charge in [0, 0.05) is 11.4 Å². The van der Waals surface area contributed by atoms with Crippen LogP contribution in [0.25, 0.3) is 21.6 Å². The second-order valence-corrected chi connectivity index (χ2v) is 6.78. The number of halogens is 2. The second-order valence-electron chi connectivity index (χ2n) is 5.07. The Bertz CT molecular complexity index is 970. The molecular weight excluding hydrogens is 376 g/mol. The zero-order valence-corrected chi connectivity index (χ0v) is 15.1. The molecule has 0 fully saturated rings. The Balaban J connectivity index is 1.79. The van der Waals surface area contributed by atoms with Gasteiger partial charge in [-0.05, 0) is 36.2 Å². The summed E-state index contributed by atoms with van der Waals surface area (Å²) in [5.74, 6) is -1.30. The van der Waals surface area contributed by atoms with E-state index in [1.165, 1.54) is 29.5 Å². The van der Waals surface area contributed by atoms with Gasteiger partial charge in [-0.2, -0.15) is 10.1 Å². The number of hydrogen-bond donors (Lipinski definition) is 3. The molecule has 0 bridgehead atoms. The van der Waals surface area contributed by atoms with Gasteiger partial charge < -0.3 is 5.32 Å². The molecule has 2 heterocycles. The number of aromatic amines is 1. The van der Waals surface area contributed by atoms with Crippen LogP contribution in [-0.4, -0.2) is 21.7 Å². The fourth-order valence-electron chi connectivity index (χ4n) is 2.26. The van der Waals surface area contributed by atoms with Crippen LogP contribution in [0.4, 0.5) is 13.9 Å². The summed E-state index contributed by atoms with van der Waals surface area (Å²) < 4.78 is 28.6. The van der Waals surface area contributed by atoms with Crippen LogP contribution in [-0.2, 0) is 0 Å². The standard InChI is InChI=1S/C17H15F2N5S2/c1-2-5-10(26-20)6-4-9-21-17-22-16-15(25-17)14(23-24-16)13-11(18)7-3-8-12(13)19/h2-8H,1,9,20H2,(H2,21,22,23,24)/b6-4-,10-5+. The lowest BCUT2D eigenvalue weighted by atomic mass is 10.1. The van der Waals surface area contributed by atoms with Crippen molar-refractivity contribution in [3.8, 4) is 11.3 Å². The highest BCUT2D eigenvalue weighted by atomic mass is 32.2. The summed E-state index contributed by atoms with van der Waals surface area (Å²) in [5.41, 5.74) is 0.556. The van der Waals surface area contributed by atoms with E-state index in [9.17, 15) is 8.78 Å². The smallest absolute Gasteiger partial charge is 0.194 e. The first kappa shape index (κ1) is 18.3. The predicted molar refractivity (Wildman–Crippen MR) is 105 cm³/mol. The first-order chi connectivity index (χ1) is 12.6. The number of nitrogens with one attached hydrogen (secondary N) is 2. The van der Waals surface area contributed by atoms with Crippen LogP contribution in [0.2, 0.25) is 0 Å². The summed E-state index contributed by atoms with van der Waals surface area (Å²) in [7, 11) is 0. The molecular formula is C17H15F2N5S2. The lowest BCUT2D eigenvalue weighted by Gasteiger charge is -2.01. The molecule has 4 N–H and O–H groups in total. The highest BCUT2D eigenvalue weighted by molar-refractivity contribution is 8.01. The number of nitrogens with two attached hydrogens (primary N) is 1. The van der Waals surface area contributed by atoms with Crippen LogP contribution >= 0.6 is 23.3 Å². The molecule has 2 aromatic heterocycles. The Hall–Kier alpha value is -2.49. The Labute approximate surface area is 156 Å². The summed E-state index contributed by atoms with van der Waals surface area (Å²) in [6.07, 6.45) is 7.21. The highest BCUT2D eigenvalue weighted by Gasteiger charge is 2.19. The van der Waals surface area contributed by atoms with Gasteiger partial charge in [-0.15, -0.1) is 0 Å². The molecule has 0 atom stereocenters. The van der Waals surface area contributed by atoms with Gasteiger partial charge in [0.15, 0.2) is 10.8 Å². The van der Waals surface area contributed by atoms with Gasteiger partial charge in [0.2, 0.25) is 0 Å². The van der Waals surface area contributed by atoms with Crippen molar-refractivity contribution >= 4 is 38.8 Å². The summed E-state index contributed by atoms with van der Waals surface area (Å²) in [6.45, 7) is 4.13. The molecule has 0 aliphatic rings. The highest BCUT2D eigenvalue weighted by Crippen LogP contribution is 2.35. The lowest BCUT2D eigenvalue weighted by molar-refractivity contribution is 0.589. The number of thiazole rings is 1. The second kappa shape index (κ2) is 8.26. The molecule has 26 heavy (non-hydrogen) atoms. The Morgan fingerprint density at radius 2 is 2.15 bits per heavy atom. The maximum atomic E-state index is 14.0. The summed E-state index contributed by atoms with van der Waals surface area (Å²) in [5, 5.41) is 16.0. The van der Waals surface area contributed by atoms with Gasteiger partial charge in [-0.25, -0.2) is 8.78 Å². The van der Waals surface area contributed by atoms with E-state index in [0.29, 0.717) is 22.0 Å². The van der Waals surface area contributed by atoms with Crippen LogP contribution in [0.15, 0.2) is 54.0 Å². The molecule has 5 nitrogen and oxygen atoms in total. The maximum Gasteiger partial charge on any atom is 0.194 e. The van der Waals surface area contributed by atoms with E-state index in [1.54, 1.807) is 12.2 Å². The summed E-state index contributed by atoms with van der Waals surface area (Å²) in [4.78, 5) is 5.19. The maximum absolute atomic E-state index is 14.0. The van der Waals surface area contributed by atoms with E-state index in [0.717, 1.165) is 16.9 Å². The number of H-pyrrole nitrogens is 1. The van der Waals surface area contributed by atoms with Crippen molar-refractivity contribution < 1.29 is 8.78 Å². The number of nitrogens with zero attached hydrogens (tertiary/aromatic N) is 2. The summed E-state index contributed by atoms with van der Waals surface area (Å²) >= 11 is 2.40. The fourth-order valence-corrected chi connectivity index (χ4v) is 3.53. The minimum absolute atomic E-state index is 0.135. The van der Waals surface area contributed by atoms with Crippen molar-refractivity contribution in [2.24, 2.45) is 5.14 Å². The zero-order valence-electron chi connectivity index (χ0n) is 13.5. The molecule has 0 aliphatic carbocycles. The van der Waals surface area contributed by atoms with E-state index in [1.807, 2.05) is 12.2 Å². The molecule has 0 spiro atoms. The molecule has 0 amide bonds. The van der Waals surface area contributed by atoms with Gasteiger partial charge in [0.25, 0.3) is 0 Å². The molecule has 3 aromatic rings. The van der Waals surface area contributed by atoms with Gasteiger partial charge in [-0.1, -0.05) is 36.1 Å². The van der Waals surface area contributed by atoms with E-state index in [2.05, 4.69) is 27.1 Å². The molecule has 0 aliphatic heterocycles. The van der Waals surface area contributed by atoms with Crippen molar-refractivity contribution in [1.82, 2.24) is 15.2 Å². The fraction of sp³-hybridized carbons (Fsp3) is 0.0588. The van der Waals surface area contributed by atoms with Crippen LogP contribution in [0.1, 0.15) is 0 Å². The van der Waals surface area contributed by atoms with E-state index in [4.69, 9.17) is 5.14 Å². The quantitative estimate of drug-likeness (QED) is 0.405. The molecule has 0 saturated heterocycles. The predicted octanol–water partition coefficient (Wildman–Crippen LogP) is 4.61. The van der Waals surface area contributed by atoms with Gasteiger partial charge in [0.05, 0.1) is 11.3 Å². The molecule has 3 rings (SSSR count). The largest absolute Gasteiger partial charge is 0.358 e. The third-order valence-electron chi connectivity index (χ3n) is 3.39. The van der Waals surface area contributed by atoms with E-state index >= 15 is 0 Å². The number of fused-ring (bicyclic) bond motifs is 1. The Morgan fingerprint density at radius 3 is 2.85 bits per heavy atom. The van der Waals surface area contributed by atoms with Gasteiger partial charge in [0.1, 0.15) is 16.3 Å². The zero-order chi connectivity index (χ0) is 18.5. The Morgan fingerprint density at radius 1 is 1.38 bits per heavy atom. The number of anilines is 1. The van der Waals surface area contributed by atoms with Crippen molar-refractivity contribution in [1.29, 1.82) is 0 Å². The number of allylic oxidation sites excluding steroid dienone is 3. The van der Waals surface area contributed by atoms with Crippen molar-refractivity contribution in [3.63, 3.8) is 0 Å². The topological polar surface area (TPSA) is 79.6 Å². The monoisotopic (exact) mass is 391 g/mol.